The molecule has 0 aromatic heterocycles. The van der Waals surface area contributed by atoms with Gasteiger partial charge in [0.1, 0.15) is 5.76 Å². The van der Waals surface area contributed by atoms with Gasteiger partial charge in [0.05, 0.1) is 7.11 Å². The molecule has 0 bridgehead atoms. The van der Waals surface area contributed by atoms with Gasteiger partial charge in [-0.15, -0.1) is 0 Å². The summed E-state index contributed by atoms with van der Waals surface area (Å²) in [5, 5.41) is 0.576. The molecule has 0 unspecified atom stereocenters. The average molecular weight is 159 g/mol. The van der Waals surface area contributed by atoms with Crippen molar-refractivity contribution in [3.63, 3.8) is 0 Å². The minimum absolute atomic E-state index is 0.535. The summed E-state index contributed by atoms with van der Waals surface area (Å²) in [6.45, 7) is 9.04. The van der Waals surface area contributed by atoms with Crippen LogP contribution in [0.15, 0.2) is 35.6 Å². The second-order valence-electron chi connectivity index (χ2n) is 1.94. The van der Waals surface area contributed by atoms with Crippen LogP contribution in [0.4, 0.5) is 0 Å². The number of allylic oxidation sites excluding steroid dienone is 3. The lowest BCUT2D eigenvalue weighted by Crippen LogP contribution is -1.80. The highest BCUT2D eigenvalue weighted by Crippen LogP contribution is 2.13. The number of hydrogen-bond acceptors (Lipinski definition) is 1. The summed E-state index contributed by atoms with van der Waals surface area (Å²) in [6, 6.07) is 0. The van der Waals surface area contributed by atoms with E-state index in [0.29, 0.717) is 10.8 Å². The quantitative estimate of drug-likeness (QED) is 0.454. The van der Waals surface area contributed by atoms with Crippen LogP contribution in [0.5, 0.6) is 0 Å². The summed E-state index contributed by atoms with van der Waals surface area (Å²) in [5.74, 6) is 0.535. The molecule has 0 aliphatic carbocycles. The molecule has 0 amide bonds. The lowest BCUT2D eigenvalue weighted by Gasteiger charge is -1.98. The molecular formula is C8H11ClO. The van der Waals surface area contributed by atoms with Crippen molar-refractivity contribution in [2.75, 3.05) is 7.11 Å². The number of methoxy groups -OCH3 is 1. The monoisotopic (exact) mass is 158 g/mol. The van der Waals surface area contributed by atoms with Gasteiger partial charge >= 0.3 is 0 Å². The van der Waals surface area contributed by atoms with Gasteiger partial charge in [-0.2, -0.15) is 0 Å². The van der Waals surface area contributed by atoms with E-state index in [0.717, 1.165) is 5.57 Å². The molecule has 0 rings (SSSR count). The Morgan fingerprint density at radius 2 is 2.00 bits per heavy atom. The number of halogens is 1. The van der Waals surface area contributed by atoms with Gasteiger partial charge in [-0.25, -0.2) is 0 Å². The first-order chi connectivity index (χ1) is 4.57. The minimum atomic E-state index is 0.535. The van der Waals surface area contributed by atoms with Crippen LogP contribution in [0.2, 0.25) is 0 Å². The molecule has 1 nitrogen and oxygen atoms in total. The van der Waals surface area contributed by atoms with E-state index < -0.39 is 0 Å². The van der Waals surface area contributed by atoms with Crippen molar-refractivity contribution in [3.05, 3.63) is 35.6 Å². The fraction of sp³-hybridized carbons (Fsp3) is 0.250. The van der Waals surface area contributed by atoms with E-state index in [1.165, 1.54) is 0 Å². The SMILES string of the molecule is C=C(/C=C(/Cl)C(=C)C)OC. The van der Waals surface area contributed by atoms with E-state index >= 15 is 0 Å². The Morgan fingerprint density at radius 1 is 1.50 bits per heavy atom. The third-order valence-corrected chi connectivity index (χ3v) is 1.39. The lowest BCUT2D eigenvalue weighted by molar-refractivity contribution is 0.308. The molecule has 0 spiro atoms. The van der Waals surface area contributed by atoms with E-state index in [1.807, 2.05) is 6.92 Å². The Labute approximate surface area is 66.6 Å². The van der Waals surface area contributed by atoms with Gasteiger partial charge in [0, 0.05) is 5.03 Å². The normalized spacial score (nSPS) is 10.9. The molecule has 56 valence electrons. The summed E-state index contributed by atoms with van der Waals surface area (Å²) in [7, 11) is 1.54. The van der Waals surface area contributed by atoms with Crippen molar-refractivity contribution in [3.8, 4) is 0 Å². The van der Waals surface area contributed by atoms with Crippen LogP contribution in [0.3, 0.4) is 0 Å². The highest BCUT2D eigenvalue weighted by Gasteiger charge is 1.92. The van der Waals surface area contributed by atoms with Crippen LogP contribution < -0.4 is 0 Å². The Balaban J connectivity index is 4.16. The van der Waals surface area contributed by atoms with E-state index in [4.69, 9.17) is 16.3 Å². The van der Waals surface area contributed by atoms with Crippen LogP contribution in [0.25, 0.3) is 0 Å². The highest BCUT2D eigenvalue weighted by molar-refractivity contribution is 6.32. The Morgan fingerprint density at radius 3 is 2.30 bits per heavy atom. The van der Waals surface area contributed by atoms with E-state index in [9.17, 15) is 0 Å². The molecule has 0 aliphatic rings. The van der Waals surface area contributed by atoms with Crippen LogP contribution in [-0.4, -0.2) is 7.11 Å². The summed E-state index contributed by atoms with van der Waals surface area (Å²) >= 11 is 5.71. The summed E-state index contributed by atoms with van der Waals surface area (Å²) in [4.78, 5) is 0. The molecule has 0 aliphatic heterocycles. The van der Waals surface area contributed by atoms with Crippen molar-refractivity contribution in [2.45, 2.75) is 6.92 Å². The topological polar surface area (TPSA) is 9.23 Å². The Kier molecular flexibility index (Phi) is 3.89. The first-order valence-electron chi connectivity index (χ1n) is 2.84. The van der Waals surface area contributed by atoms with Crippen LogP contribution in [-0.2, 0) is 4.74 Å². The summed E-state index contributed by atoms with van der Waals surface area (Å²) in [6.07, 6.45) is 1.63. The molecule has 0 atom stereocenters. The predicted octanol–water partition coefficient (Wildman–Crippen LogP) is 2.85. The molecule has 0 aromatic carbocycles. The van der Waals surface area contributed by atoms with Gasteiger partial charge in [-0.05, 0) is 18.6 Å². The zero-order chi connectivity index (χ0) is 8.15. The molecule has 0 heterocycles. The van der Waals surface area contributed by atoms with E-state index in [-0.39, 0.29) is 0 Å². The third kappa shape index (κ3) is 3.36. The first-order valence-corrected chi connectivity index (χ1v) is 3.21. The van der Waals surface area contributed by atoms with E-state index in [2.05, 4.69) is 13.2 Å². The molecule has 0 saturated carbocycles. The first kappa shape index (κ1) is 9.31. The smallest absolute Gasteiger partial charge is 0.113 e. The fourth-order valence-electron chi connectivity index (χ4n) is 0.323. The van der Waals surface area contributed by atoms with Crippen molar-refractivity contribution >= 4 is 11.6 Å². The maximum Gasteiger partial charge on any atom is 0.113 e. The van der Waals surface area contributed by atoms with Crippen LogP contribution in [0.1, 0.15) is 6.92 Å². The van der Waals surface area contributed by atoms with Gasteiger partial charge in [-0.1, -0.05) is 24.8 Å². The molecule has 2 heteroatoms. The van der Waals surface area contributed by atoms with Crippen LogP contribution >= 0.6 is 11.6 Å². The van der Waals surface area contributed by atoms with Gasteiger partial charge in [-0.3, -0.25) is 0 Å². The molecular weight excluding hydrogens is 148 g/mol. The third-order valence-electron chi connectivity index (χ3n) is 0.958. The van der Waals surface area contributed by atoms with Gasteiger partial charge in [0.2, 0.25) is 0 Å². The minimum Gasteiger partial charge on any atom is -0.497 e. The van der Waals surface area contributed by atoms with Crippen molar-refractivity contribution in [1.82, 2.24) is 0 Å². The van der Waals surface area contributed by atoms with Crippen molar-refractivity contribution in [1.29, 1.82) is 0 Å². The number of rotatable bonds is 3. The molecule has 0 radical (unpaired) electrons. The Bertz CT molecular complexity index is 180. The molecule has 0 saturated heterocycles. The number of ether oxygens (including phenoxy) is 1. The summed E-state index contributed by atoms with van der Waals surface area (Å²) < 4.78 is 4.77. The average Bonchev–Trinajstić information content (AvgIpc) is 1.87. The van der Waals surface area contributed by atoms with Gasteiger partial charge in [0.15, 0.2) is 0 Å². The molecule has 10 heavy (non-hydrogen) atoms. The molecule has 0 aromatic rings. The molecule has 0 N–H and O–H groups in total. The zero-order valence-electron chi connectivity index (χ0n) is 6.28. The predicted molar refractivity (Wildman–Crippen MR) is 44.9 cm³/mol. The van der Waals surface area contributed by atoms with Crippen molar-refractivity contribution < 1.29 is 4.74 Å². The standard InChI is InChI=1S/C8H11ClO/c1-6(2)8(9)5-7(3)10-4/h5H,1,3H2,2,4H3/b8-5+. The second kappa shape index (κ2) is 4.18. The highest BCUT2D eigenvalue weighted by atomic mass is 35.5. The molecule has 0 fully saturated rings. The van der Waals surface area contributed by atoms with Gasteiger partial charge < -0.3 is 4.74 Å². The Hall–Kier alpha value is -0.690. The maximum absolute atomic E-state index is 5.71. The second-order valence-corrected chi connectivity index (χ2v) is 2.35. The van der Waals surface area contributed by atoms with Gasteiger partial charge in [0.25, 0.3) is 0 Å². The lowest BCUT2D eigenvalue weighted by atomic mass is 10.3. The van der Waals surface area contributed by atoms with E-state index in [1.54, 1.807) is 13.2 Å². The zero-order valence-corrected chi connectivity index (χ0v) is 7.03. The number of hydrogen-bond donors (Lipinski definition) is 0. The van der Waals surface area contributed by atoms with Crippen LogP contribution in [0, 0.1) is 0 Å². The fourth-order valence-corrected chi connectivity index (χ4v) is 0.445. The maximum atomic E-state index is 5.71. The summed E-state index contributed by atoms with van der Waals surface area (Å²) in [5.41, 5.74) is 0.805. The largest absolute Gasteiger partial charge is 0.497 e. The van der Waals surface area contributed by atoms with Crippen molar-refractivity contribution in [2.24, 2.45) is 0 Å².